The van der Waals surface area contributed by atoms with Gasteiger partial charge in [0.25, 0.3) is 0 Å². The van der Waals surface area contributed by atoms with Crippen LogP contribution in [0, 0.1) is 0 Å². The van der Waals surface area contributed by atoms with Gasteiger partial charge in [-0.25, -0.2) is 4.98 Å². The van der Waals surface area contributed by atoms with Gasteiger partial charge in [-0.3, -0.25) is 9.48 Å². The molecule has 1 fully saturated rings. The number of nitrogens with zero attached hydrogens (tertiary/aromatic N) is 5. The minimum atomic E-state index is -0.259. The number of aromatic nitrogens is 4. The molecule has 1 aliphatic heterocycles. The van der Waals surface area contributed by atoms with Gasteiger partial charge in [0, 0.05) is 18.9 Å². The highest BCUT2D eigenvalue weighted by molar-refractivity contribution is 5.84. The number of para-hydroxylation sites is 2. The van der Waals surface area contributed by atoms with E-state index in [1.807, 2.05) is 57.6 Å². The van der Waals surface area contributed by atoms with Crippen molar-refractivity contribution >= 4 is 16.9 Å². The molecule has 1 amide bonds. The summed E-state index contributed by atoms with van der Waals surface area (Å²) < 4.78 is 3.91. The fourth-order valence-electron chi connectivity index (χ4n) is 3.75. The second-order valence-electron chi connectivity index (χ2n) is 6.73. The average Bonchev–Trinajstić information content (AvgIpc) is 3.30. The lowest BCUT2D eigenvalue weighted by molar-refractivity contribution is -0.138. The number of carbonyl (C=O) groups is 1. The number of imidazole rings is 1. The Morgan fingerprint density at radius 3 is 3.00 bits per heavy atom. The largest absolute Gasteiger partial charge is 0.336 e. The Kier molecular flexibility index (Phi) is 4.26. The summed E-state index contributed by atoms with van der Waals surface area (Å²) in [6, 6.07) is 9.82. The number of likely N-dealkylation sites (tertiary alicyclic amines) is 1. The fourth-order valence-corrected chi connectivity index (χ4v) is 3.75. The van der Waals surface area contributed by atoms with Crippen LogP contribution < -0.4 is 0 Å². The smallest absolute Gasteiger partial charge is 0.245 e. The van der Waals surface area contributed by atoms with Gasteiger partial charge in [0.1, 0.15) is 6.04 Å². The van der Waals surface area contributed by atoms with Gasteiger partial charge in [0.2, 0.25) is 5.91 Å². The first-order valence-electron chi connectivity index (χ1n) is 8.93. The number of rotatable bonds is 4. The second-order valence-corrected chi connectivity index (χ2v) is 6.73. The summed E-state index contributed by atoms with van der Waals surface area (Å²) >= 11 is 0. The maximum Gasteiger partial charge on any atom is 0.245 e. The van der Waals surface area contributed by atoms with Gasteiger partial charge in [0.15, 0.2) is 0 Å². The molecule has 3 heterocycles. The summed E-state index contributed by atoms with van der Waals surface area (Å²) in [4.78, 5) is 19.7. The SMILES string of the molecule is C[C@H](C(=O)N1CCCC[C@H]1Cn1cccn1)n1cnc2ccccc21. The normalized spacial score (nSPS) is 19.2. The number of hydrogen-bond acceptors (Lipinski definition) is 3. The lowest BCUT2D eigenvalue weighted by Gasteiger charge is -2.37. The summed E-state index contributed by atoms with van der Waals surface area (Å²) in [7, 11) is 0. The predicted molar refractivity (Wildman–Crippen MR) is 96.0 cm³/mol. The van der Waals surface area contributed by atoms with E-state index >= 15 is 0 Å². The summed E-state index contributed by atoms with van der Waals surface area (Å²) in [6.07, 6.45) is 8.79. The van der Waals surface area contributed by atoms with E-state index in [4.69, 9.17) is 0 Å². The van der Waals surface area contributed by atoms with Gasteiger partial charge in [-0.2, -0.15) is 5.10 Å². The molecule has 0 aliphatic carbocycles. The second kappa shape index (κ2) is 6.70. The Balaban J connectivity index is 1.57. The number of hydrogen-bond donors (Lipinski definition) is 0. The summed E-state index contributed by atoms with van der Waals surface area (Å²) in [5, 5.41) is 4.30. The van der Waals surface area contributed by atoms with Crippen LogP contribution >= 0.6 is 0 Å². The van der Waals surface area contributed by atoms with Crippen LogP contribution in [0.3, 0.4) is 0 Å². The van der Waals surface area contributed by atoms with E-state index in [2.05, 4.69) is 10.1 Å². The molecule has 6 heteroatoms. The molecule has 130 valence electrons. The van der Waals surface area contributed by atoms with Crippen molar-refractivity contribution in [3.05, 3.63) is 49.1 Å². The summed E-state index contributed by atoms with van der Waals surface area (Å²) in [5.41, 5.74) is 1.93. The van der Waals surface area contributed by atoms with E-state index in [0.717, 1.165) is 43.4 Å². The van der Waals surface area contributed by atoms with E-state index in [-0.39, 0.29) is 18.0 Å². The zero-order valence-electron chi connectivity index (χ0n) is 14.5. The maximum atomic E-state index is 13.2. The first-order valence-corrected chi connectivity index (χ1v) is 8.93. The number of carbonyl (C=O) groups excluding carboxylic acids is 1. The molecule has 6 nitrogen and oxygen atoms in total. The lowest BCUT2D eigenvalue weighted by atomic mass is 10.0. The Morgan fingerprint density at radius 1 is 1.28 bits per heavy atom. The molecule has 4 rings (SSSR count). The molecular formula is C19H23N5O. The molecule has 25 heavy (non-hydrogen) atoms. The van der Waals surface area contributed by atoms with Gasteiger partial charge in [0.05, 0.1) is 29.9 Å². The zero-order chi connectivity index (χ0) is 17.2. The highest BCUT2D eigenvalue weighted by atomic mass is 16.2. The Labute approximate surface area is 147 Å². The van der Waals surface area contributed by atoms with Crippen LogP contribution in [0.5, 0.6) is 0 Å². The number of benzene rings is 1. The molecule has 3 aromatic rings. The van der Waals surface area contributed by atoms with Crippen molar-refractivity contribution in [3.63, 3.8) is 0 Å². The Bertz CT molecular complexity index is 854. The third-order valence-corrected chi connectivity index (χ3v) is 5.12. The highest BCUT2D eigenvalue weighted by Gasteiger charge is 2.31. The molecule has 1 aromatic carbocycles. The van der Waals surface area contributed by atoms with E-state index in [1.54, 1.807) is 12.5 Å². The van der Waals surface area contributed by atoms with E-state index in [9.17, 15) is 4.79 Å². The fraction of sp³-hybridized carbons (Fsp3) is 0.421. The third kappa shape index (κ3) is 3.04. The predicted octanol–water partition coefficient (Wildman–Crippen LogP) is 2.88. The minimum absolute atomic E-state index is 0.167. The van der Waals surface area contributed by atoms with Gasteiger partial charge >= 0.3 is 0 Å². The summed E-state index contributed by atoms with van der Waals surface area (Å²) in [5.74, 6) is 0.167. The monoisotopic (exact) mass is 337 g/mol. The molecule has 0 bridgehead atoms. The average molecular weight is 337 g/mol. The Morgan fingerprint density at radius 2 is 2.16 bits per heavy atom. The molecule has 1 saturated heterocycles. The van der Waals surface area contributed by atoms with Crippen LogP contribution in [0.25, 0.3) is 11.0 Å². The molecule has 1 aliphatic rings. The minimum Gasteiger partial charge on any atom is -0.336 e. The molecular weight excluding hydrogens is 314 g/mol. The molecule has 0 radical (unpaired) electrons. The van der Waals surface area contributed by atoms with Crippen LogP contribution in [-0.4, -0.2) is 42.7 Å². The molecule has 2 atom stereocenters. The lowest BCUT2D eigenvalue weighted by Crippen LogP contribution is -2.48. The first-order chi connectivity index (χ1) is 12.2. The Hall–Kier alpha value is -2.63. The van der Waals surface area contributed by atoms with Crippen molar-refractivity contribution in [3.8, 4) is 0 Å². The van der Waals surface area contributed by atoms with Crippen molar-refractivity contribution in [2.75, 3.05) is 6.54 Å². The van der Waals surface area contributed by atoms with Gasteiger partial charge in [-0.1, -0.05) is 12.1 Å². The van der Waals surface area contributed by atoms with Crippen molar-refractivity contribution in [1.82, 2.24) is 24.2 Å². The number of amides is 1. The van der Waals surface area contributed by atoms with Crippen LogP contribution in [0.1, 0.15) is 32.2 Å². The quantitative estimate of drug-likeness (QED) is 0.735. The van der Waals surface area contributed by atoms with Crippen molar-refractivity contribution < 1.29 is 4.79 Å². The van der Waals surface area contributed by atoms with E-state index < -0.39 is 0 Å². The molecule has 2 aromatic heterocycles. The van der Waals surface area contributed by atoms with Crippen molar-refractivity contribution in [2.45, 2.75) is 44.8 Å². The van der Waals surface area contributed by atoms with Crippen molar-refractivity contribution in [1.29, 1.82) is 0 Å². The van der Waals surface area contributed by atoms with Gasteiger partial charge in [-0.15, -0.1) is 0 Å². The molecule has 0 N–H and O–H groups in total. The molecule has 0 unspecified atom stereocenters. The van der Waals surface area contributed by atoms with Crippen LogP contribution in [0.15, 0.2) is 49.1 Å². The van der Waals surface area contributed by atoms with Crippen LogP contribution in [0.4, 0.5) is 0 Å². The number of fused-ring (bicyclic) bond motifs is 1. The van der Waals surface area contributed by atoms with Gasteiger partial charge < -0.3 is 9.47 Å². The molecule has 0 saturated carbocycles. The van der Waals surface area contributed by atoms with E-state index in [1.165, 1.54) is 0 Å². The standard InChI is InChI=1S/C19H23N5O/c1-15(24-14-20-17-8-2-3-9-18(17)24)19(25)23-12-5-4-7-16(23)13-22-11-6-10-21-22/h2-3,6,8-11,14-16H,4-5,7,12-13H2,1H3/t15-,16+/m1/s1. The van der Waals surface area contributed by atoms with Crippen LogP contribution in [-0.2, 0) is 11.3 Å². The van der Waals surface area contributed by atoms with E-state index in [0.29, 0.717) is 0 Å². The van der Waals surface area contributed by atoms with Crippen molar-refractivity contribution in [2.24, 2.45) is 0 Å². The molecule has 0 spiro atoms. The third-order valence-electron chi connectivity index (χ3n) is 5.12. The summed E-state index contributed by atoms with van der Waals surface area (Å²) in [6.45, 7) is 3.55. The maximum absolute atomic E-state index is 13.2. The first kappa shape index (κ1) is 15.9. The highest BCUT2D eigenvalue weighted by Crippen LogP contribution is 2.24. The van der Waals surface area contributed by atoms with Crippen LogP contribution in [0.2, 0.25) is 0 Å². The number of piperidine rings is 1. The zero-order valence-corrected chi connectivity index (χ0v) is 14.5. The topological polar surface area (TPSA) is 56.0 Å². The van der Waals surface area contributed by atoms with Gasteiger partial charge in [-0.05, 0) is 44.4 Å².